The van der Waals surface area contributed by atoms with E-state index in [1.807, 2.05) is 12.2 Å². The van der Waals surface area contributed by atoms with Crippen molar-refractivity contribution in [1.82, 2.24) is 0 Å². The van der Waals surface area contributed by atoms with E-state index in [0.717, 1.165) is 10.0 Å². The van der Waals surface area contributed by atoms with Crippen molar-refractivity contribution in [3.8, 4) is 5.75 Å². The number of phenols is 1. The Morgan fingerprint density at radius 2 is 2.25 bits per heavy atom. The van der Waals surface area contributed by atoms with E-state index in [1.165, 1.54) is 0 Å². The molecular formula is C9H8BrClO. The summed E-state index contributed by atoms with van der Waals surface area (Å²) in [6, 6.07) is 5.10. The van der Waals surface area contributed by atoms with Gasteiger partial charge in [0, 0.05) is 10.4 Å². The first-order chi connectivity index (χ1) is 5.74. The van der Waals surface area contributed by atoms with Gasteiger partial charge in [-0.3, -0.25) is 0 Å². The molecule has 12 heavy (non-hydrogen) atoms. The summed E-state index contributed by atoms with van der Waals surface area (Å²) in [6.07, 6.45) is 3.68. The molecule has 1 aromatic carbocycles. The summed E-state index contributed by atoms with van der Waals surface area (Å²) in [4.78, 5) is 0. The Hall–Kier alpha value is -0.470. The largest absolute Gasteiger partial charge is 0.508 e. The van der Waals surface area contributed by atoms with E-state index in [1.54, 1.807) is 18.2 Å². The Morgan fingerprint density at radius 3 is 2.92 bits per heavy atom. The number of rotatable bonds is 2. The van der Waals surface area contributed by atoms with Gasteiger partial charge in [-0.1, -0.05) is 28.1 Å². The summed E-state index contributed by atoms with van der Waals surface area (Å²) >= 11 is 8.83. The van der Waals surface area contributed by atoms with E-state index >= 15 is 0 Å². The number of allylic oxidation sites excluding steroid dienone is 1. The Morgan fingerprint density at radius 1 is 1.50 bits per heavy atom. The monoisotopic (exact) mass is 246 g/mol. The predicted molar refractivity (Wildman–Crippen MR) is 55.6 cm³/mol. The summed E-state index contributed by atoms with van der Waals surface area (Å²) in [5.74, 6) is 0.731. The third-order valence-corrected chi connectivity index (χ3v) is 2.27. The van der Waals surface area contributed by atoms with E-state index in [9.17, 15) is 0 Å². The molecule has 0 heterocycles. The topological polar surface area (TPSA) is 20.2 Å². The van der Waals surface area contributed by atoms with Gasteiger partial charge in [-0.2, -0.15) is 0 Å². The van der Waals surface area contributed by atoms with Gasteiger partial charge in [-0.05, 0) is 23.8 Å². The second-order valence-corrected chi connectivity index (χ2v) is 3.43. The number of halogens is 2. The number of hydrogen-bond acceptors (Lipinski definition) is 1. The number of phenolic OH excluding ortho intramolecular Hbond substituents is 1. The zero-order valence-corrected chi connectivity index (χ0v) is 8.64. The van der Waals surface area contributed by atoms with Crippen molar-refractivity contribution in [2.75, 3.05) is 5.88 Å². The van der Waals surface area contributed by atoms with E-state index in [4.69, 9.17) is 16.7 Å². The van der Waals surface area contributed by atoms with E-state index in [0.29, 0.717) is 5.88 Å². The molecule has 1 aromatic rings. The first-order valence-corrected chi connectivity index (χ1v) is 4.78. The second kappa shape index (κ2) is 4.53. The molecule has 0 radical (unpaired) electrons. The SMILES string of the molecule is Oc1ccc(Br)c(C=CCCl)c1. The Labute approximate surface area is 84.8 Å². The number of benzene rings is 1. The summed E-state index contributed by atoms with van der Waals surface area (Å²) in [5, 5.41) is 9.15. The number of hydrogen-bond donors (Lipinski definition) is 1. The quantitative estimate of drug-likeness (QED) is 0.794. The molecule has 0 aromatic heterocycles. The molecule has 64 valence electrons. The summed E-state index contributed by atoms with van der Waals surface area (Å²) < 4.78 is 0.946. The van der Waals surface area contributed by atoms with Crippen LogP contribution in [0.5, 0.6) is 5.75 Å². The highest BCUT2D eigenvalue weighted by Gasteiger charge is 1.95. The van der Waals surface area contributed by atoms with E-state index in [-0.39, 0.29) is 5.75 Å². The molecule has 0 aliphatic heterocycles. The second-order valence-electron chi connectivity index (χ2n) is 2.26. The lowest BCUT2D eigenvalue weighted by Crippen LogP contribution is -1.75. The zero-order valence-electron chi connectivity index (χ0n) is 6.30. The minimum absolute atomic E-state index is 0.257. The van der Waals surface area contributed by atoms with Crippen molar-refractivity contribution in [3.63, 3.8) is 0 Å². The average Bonchev–Trinajstić information content (AvgIpc) is 2.07. The van der Waals surface area contributed by atoms with Crippen molar-refractivity contribution in [1.29, 1.82) is 0 Å². The van der Waals surface area contributed by atoms with Gasteiger partial charge in [0.25, 0.3) is 0 Å². The minimum Gasteiger partial charge on any atom is -0.508 e. The smallest absolute Gasteiger partial charge is 0.116 e. The molecule has 0 spiro atoms. The lowest BCUT2D eigenvalue weighted by atomic mass is 10.2. The first kappa shape index (κ1) is 9.62. The van der Waals surface area contributed by atoms with Gasteiger partial charge in [0.1, 0.15) is 5.75 Å². The van der Waals surface area contributed by atoms with Crippen molar-refractivity contribution >= 4 is 33.6 Å². The van der Waals surface area contributed by atoms with Crippen LogP contribution in [-0.4, -0.2) is 11.0 Å². The van der Waals surface area contributed by atoms with Crippen LogP contribution in [0.3, 0.4) is 0 Å². The fourth-order valence-corrected chi connectivity index (χ4v) is 1.30. The maximum absolute atomic E-state index is 9.15. The van der Waals surface area contributed by atoms with Crippen LogP contribution in [0.15, 0.2) is 28.7 Å². The third kappa shape index (κ3) is 2.54. The molecule has 0 fully saturated rings. The lowest BCUT2D eigenvalue weighted by molar-refractivity contribution is 0.475. The Bertz CT molecular complexity index is 297. The summed E-state index contributed by atoms with van der Waals surface area (Å²) in [7, 11) is 0. The Kier molecular flexibility index (Phi) is 3.63. The molecule has 0 bridgehead atoms. The van der Waals surface area contributed by atoms with Gasteiger partial charge in [0.15, 0.2) is 0 Å². The molecule has 0 aliphatic carbocycles. The number of aromatic hydroxyl groups is 1. The van der Waals surface area contributed by atoms with Crippen LogP contribution in [0, 0.1) is 0 Å². The van der Waals surface area contributed by atoms with Gasteiger partial charge >= 0.3 is 0 Å². The van der Waals surface area contributed by atoms with Crippen LogP contribution in [0.1, 0.15) is 5.56 Å². The summed E-state index contributed by atoms with van der Waals surface area (Å²) in [6.45, 7) is 0. The van der Waals surface area contributed by atoms with Crippen molar-refractivity contribution < 1.29 is 5.11 Å². The first-order valence-electron chi connectivity index (χ1n) is 3.45. The molecule has 0 unspecified atom stereocenters. The molecule has 0 saturated carbocycles. The van der Waals surface area contributed by atoms with Gasteiger partial charge in [-0.25, -0.2) is 0 Å². The van der Waals surface area contributed by atoms with Crippen LogP contribution in [0.25, 0.3) is 6.08 Å². The maximum Gasteiger partial charge on any atom is 0.116 e. The fourth-order valence-electron chi connectivity index (χ4n) is 0.830. The van der Waals surface area contributed by atoms with Crippen LogP contribution in [0.2, 0.25) is 0 Å². The highest BCUT2D eigenvalue weighted by atomic mass is 79.9. The number of alkyl halides is 1. The predicted octanol–water partition coefficient (Wildman–Crippen LogP) is 3.41. The fraction of sp³-hybridized carbons (Fsp3) is 0.111. The highest BCUT2D eigenvalue weighted by Crippen LogP contribution is 2.22. The van der Waals surface area contributed by atoms with Gasteiger partial charge in [0.05, 0.1) is 0 Å². The molecular weight excluding hydrogens is 239 g/mol. The Balaban J connectivity index is 2.97. The van der Waals surface area contributed by atoms with Crippen LogP contribution in [-0.2, 0) is 0 Å². The molecule has 0 amide bonds. The molecule has 1 nitrogen and oxygen atoms in total. The molecule has 0 aliphatic rings. The van der Waals surface area contributed by atoms with Crippen molar-refractivity contribution in [3.05, 3.63) is 34.3 Å². The molecule has 1 rings (SSSR count). The standard InChI is InChI=1S/C9H8BrClO/c10-9-4-3-8(12)6-7(9)2-1-5-11/h1-4,6,12H,5H2. The van der Waals surface area contributed by atoms with Crippen LogP contribution >= 0.6 is 27.5 Å². The van der Waals surface area contributed by atoms with Gasteiger partial charge in [-0.15, -0.1) is 11.6 Å². The third-order valence-electron chi connectivity index (χ3n) is 1.37. The van der Waals surface area contributed by atoms with E-state index in [2.05, 4.69) is 15.9 Å². The summed E-state index contributed by atoms with van der Waals surface area (Å²) in [5.41, 5.74) is 0.927. The minimum atomic E-state index is 0.257. The average molecular weight is 248 g/mol. The molecule has 1 N–H and O–H groups in total. The normalized spacial score (nSPS) is 10.8. The van der Waals surface area contributed by atoms with Gasteiger partial charge in [0.2, 0.25) is 0 Å². The molecule has 0 atom stereocenters. The van der Waals surface area contributed by atoms with E-state index < -0.39 is 0 Å². The zero-order chi connectivity index (χ0) is 8.97. The van der Waals surface area contributed by atoms with Crippen molar-refractivity contribution in [2.45, 2.75) is 0 Å². The molecule has 0 saturated heterocycles. The molecule has 3 heteroatoms. The van der Waals surface area contributed by atoms with Crippen LogP contribution in [0.4, 0.5) is 0 Å². The highest BCUT2D eigenvalue weighted by molar-refractivity contribution is 9.10. The van der Waals surface area contributed by atoms with Gasteiger partial charge < -0.3 is 5.11 Å². The maximum atomic E-state index is 9.15. The van der Waals surface area contributed by atoms with Crippen molar-refractivity contribution in [2.24, 2.45) is 0 Å². The lowest BCUT2D eigenvalue weighted by Gasteiger charge is -1.98. The van der Waals surface area contributed by atoms with Crippen LogP contribution < -0.4 is 0 Å².